The van der Waals surface area contributed by atoms with Gasteiger partial charge in [0, 0.05) is 25.3 Å². The molecule has 0 spiro atoms. The molecule has 2 fully saturated rings. The Hall–Kier alpha value is -2.36. The van der Waals surface area contributed by atoms with Crippen LogP contribution in [0, 0.1) is 24.2 Å². The van der Waals surface area contributed by atoms with Gasteiger partial charge in [0.2, 0.25) is 0 Å². The summed E-state index contributed by atoms with van der Waals surface area (Å²) in [4.78, 5) is 30.6. The Morgan fingerprint density at radius 1 is 1.29 bits per heavy atom. The second-order valence-electron chi connectivity index (χ2n) is 11.6. The van der Waals surface area contributed by atoms with E-state index in [9.17, 15) is 19.8 Å². The molecule has 2 aliphatic rings. The average molecular weight is 536 g/mol. The van der Waals surface area contributed by atoms with Crippen molar-refractivity contribution in [1.82, 2.24) is 4.98 Å². The number of oxazole rings is 1. The molecule has 3 rings (SSSR count). The summed E-state index contributed by atoms with van der Waals surface area (Å²) < 4.78 is 31.9. The number of rotatable bonds is 5. The Kier molecular flexibility index (Phi) is 9.71. The van der Waals surface area contributed by atoms with E-state index in [1.165, 1.54) is 6.26 Å². The summed E-state index contributed by atoms with van der Waals surface area (Å²) in [6, 6.07) is 0. The molecule has 0 radical (unpaired) electrons. The SMILES string of the molecule is C=CCC[C@H]1C(=O)C(C)(C)[C@@H](O)CC(=O)O[C@H](C(F)=Cc2coc(C)n2)CC2OC2(C)CCC[C@H](C)[C@H]1O. The van der Waals surface area contributed by atoms with E-state index < -0.39 is 53.5 Å². The molecule has 1 aromatic heterocycles. The number of hydrogen-bond donors (Lipinski definition) is 2. The summed E-state index contributed by atoms with van der Waals surface area (Å²) >= 11 is 0. The number of aromatic nitrogens is 1. The molecule has 0 aliphatic carbocycles. The van der Waals surface area contributed by atoms with Gasteiger partial charge >= 0.3 is 5.97 Å². The van der Waals surface area contributed by atoms with Crippen LogP contribution in [0.3, 0.4) is 0 Å². The Labute approximate surface area is 224 Å². The van der Waals surface area contributed by atoms with Gasteiger partial charge in [-0.2, -0.15) is 0 Å². The highest BCUT2D eigenvalue weighted by Crippen LogP contribution is 2.45. The van der Waals surface area contributed by atoms with Gasteiger partial charge < -0.3 is 24.1 Å². The maximum atomic E-state index is 15.3. The van der Waals surface area contributed by atoms with E-state index in [0.717, 1.165) is 12.5 Å². The first kappa shape index (κ1) is 30.2. The van der Waals surface area contributed by atoms with Crippen LogP contribution < -0.4 is 0 Å². The average Bonchev–Trinajstić information content (AvgIpc) is 3.29. The highest BCUT2D eigenvalue weighted by atomic mass is 19.1. The lowest BCUT2D eigenvalue weighted by atomic mass is 9.71. The van der Waals surface area contributed by atoms with E-state index in [1.54, 1.807) is 26.8 Å². The zero-order valence-corrected chi connectivity index (χ0v) is 23.1. The van der Waals surface area contributed by atoms with Crippen molar-refractivity contribution in [3.05, 3.63) is 36.3 Å². The number of aliphatic hydroxyl groups is 2. The van der Waals surface area contributed by atoms with E-state index in [0.29, 0.717) is 31.6 Å². The Morgan fingerprint density at radius 3 is 2.63 bits per heavy atom. The molecule has 2 aliphatic heterocycles. The summed E-state index contributed by atoms with van der Waals surface area (Å²) in [6.07, 6.45) is 2.89. The summed E-state index contributed by atoms with van der Waals surface area (Å²) in [7, 11) is 0. The predicted molar refractivity (Wildman–Crippen MR) is 139 cm³/mol. The van der Waals surface area contributed by atoms with Crippen molar-refractivity contribution < 1.29 is 38.1 Å². The first-order chi connectivity index (χ1) is 17.8. The molecular weight excluding hydrogens is 493 g/mol. The minimum atomic E-state index is -1.39. The molecule has 7 atom stereocenters. The van der Waals surface area contributed by atoms with Crippen LogP contribution in [-0.2, 0) is 19.1 Å². The fourth-order valence-corrected chi connectivity index (χ4v) is 5.26. The van der Waals surface area contributed by atoms with Crippen molar-refractivity contribution >= 4 is 17.8 Å². The monoisotopic (exact) mass is 535 g/mol. The third-order valence-electron chi connectivity index (χ3n) is 8.14. The lowest BCUT2D eigenvalue weighted by Gasteiger charge is -2.36. The number of epoxide rings is 1. The molecule has 0 amide bonds. The second-order valence-corrected chi connectivity index (χ2v) is 11.6. The molecule has 9 heteroatoms. The van der Waals surface area contributed by atoms with Crippen LogP contribution in [-0.4, -0.2) is 57.0 Å². The van der Waals surface area contributed by atoms with Crippen LogP contribution in [0.4, 0.5) is 4.39 Å². The van der Waals surface area contributed by atoms with Gasteiger partial charge in [0.05, 0.1) is 35.7 Å². The Bertz CT molecular complexity index is 1030. The smallest absolute Gasteiger partial charge is 0.309 e. The minimum absolute atomic E-state index is 0.0988. The zero-order valence-electron chi connectivity index (χ0n) is 23.1. The number of aryl methyl sites for hydroxylation is 1. The molecule has 38 heavy (non-hydrogen) atoms. The summed E-state index contributed by atoms with van der Waals surface area (Å²) in [5.74, 6) is -2.40. The van der Waals surface area contributed by atoms with Crippen molar-refractivity contribution in [3.8, 4) is 0 Å². The van der Waals surface area contributed by atoms with Gasteiger partial charge in [-0.25, -0.2) is 9.37 Å². The zero-order chi connectivity index (χ0) is 28.3. The van der Waals surface area contributed by atoms with Crippen LogP contribution in [0.2, 0.25) is 0 Å². The first-order valence-electron chi connectivity index (χ1n) is 13.5. The number of aliphatic hydroxyl groups excluding tert-OH is 2. The van der Waals surface area contributed by atoms with E-state index >= 15 is 4.39 Å². The normalized spacial score (nSPS) is 35.3. The molecule has 3 heterocycles. The predicted octanol–water partition coefficient (Wildman–Crippen LogP) is 4.86. The maximum Gasteiger partial charge on any atom is 0.309 e. The Morgan fingerprint density at radius 2 is 2.00 bits per heavy atom. The van der Waals surface area contributed by atoms with Crippen molar-refractivity contribution in [1.29, 1.82) is 0 Å². The number of hydrogen-bond acceptors (Lipinski definition) is 8. The quantitative estimate of drug-likeness (QED) is 0.311. The number of Topliss-reactive ketones (excluding diaryl/α,β-unsaturated/α-hetero) is 1. The third kappa shape index (κ3) is 7.18. The fourth-order valence-electron chi connectivity index (χ4n) is 5.26. The molecule has 0 bridgehead atoms. The molecule has 2 unspecified atom stereocenters. The van der Waals surface area contributed by atoms with E-state index in [-0.39, 0.29) is 29.9 Å². The number of cyclic esters (lactones) is 1. The molecule has 212 valence electrons. The van der Waals surface area contributed by atoms with Crippen LogP contribution >= 0.6 is 0 Å². The lowest BCUT2D eigenvalue weighted by Crippen LogP contribution is -2.46. The third-order valence-corrected chi connectivity index (χ3v) is 8.14. The maximum absolute atomic E-state index is 15.3. The lowest BCUT2D eigenvalue weighted by molar-refractivity contribution is -0.155. The number of halogens is 1. The highest BCUT2D eigenvalue weighted by molar-refractivity contribution is 5.88. The first-order valence-corrected chi connectivity index (χ1v) is 13.5. The van der Waals surface area contributed by atoms with E-state index in [2.05, 4.69) is 11.6 Å². The number of esters is 1. The van der Waals surface area contributed by atoms with Crippen LogP contribution in [0.15, 0.2) is 29.2 Å². The van der Waals surface area contributed by atoms with Gasteiger partial charge in [0.1, 0.15) is 23.6 Å². The van der Waals surface area contributed by atoms with Crippen molar-refractivity contribution in [2.45, 2.75) is 110 Å². The number of allylic oxidation sites excluding steroid dienone is 1. The van der Waals surface area contributed by atoms with Gasteiger partial charge in [-0.3, -0.25) is 9.59 Å². The summed E-state index contributed by atoms with van der Waals surface area (Å²) in [5, 5.41) is 22.1. The number of ketones is 1. The largest absolute Gasteiger partial charge is 0.455 e. The topological polar surface area (TPSA) is 122 Å². The van der Waals surface area contributed by atoms with Gasteiger partial charge in [-0.1, -0.05) is 33.3 Å². The van der Waals surface area contributed by atoms with Gasteiger partial charge in [0.25, 0.3) is 0 Å². The number of carbonyl (C=O) groups excluding carboxylic acids is 2. The number of carbonyl (C=O) groups is 2. The van der Waals surface area contributed by atoms with Crippen molar-refractivity contribution in [3.63, 3.8) is 0 Å². The van der Waals surface area contributed by atoms with Crippen LogP contribution in [0.25, 0.3) is 6.08 Å². The summed E-state index contributed by atoms with van der Waals surface area (Å²) in [6.45, 7) is 12.3. The second kappa shape index (κ2) is 12.2. The highest BCUT2D eigenvalue weighted by Gasteiger charge is 2.53. The van der Waals surface area contributed by atoms with Crippen molar-refractivity contribution in [2.75, 3.05) is 0 Å². The van der Waals surface area contributed by atoms with Gasteiger partial charge in [-0.15, -0.1) is 6.58 Å². The molecule has 2 saturated heterocycles. The Balaban J connectivity index is 1.88. The molecule has 0 aromatic carbocycles. The standard InChI is InChI=1S/C29H42FNO7/c1-7-8-11-20-26(34)17(2)10-9-12-29(6)24(38-29)14-22(21(30)13-19-16-36-18(3)31-19)37-25(33)15-23(32)28(4,5)27(20)35/h7,13,16-17,20,22-24,26,32,34H,1,8-12,14-15H2,2-6H3/t17-,20+,22-,23-,24?,26+,29?/m0/s1. The number of nitrogens with zero attached hydrogens (tertiary/aromatic N) is 1. The minimum Gasteiger partial charge on any atom is -0.455 e. The van der Waals surface area contributed by atoms with Crippen LogP contribution in [0.1, 0.15) is 84.2 Å². The number of ether oxygens (including phenoxy) is 2. The summed E-state index contributed by atoms with van der Waals surface area (Å²) in [5.41, 5.74) is -1.59. The molecule has 0 saturated carbocycles. The fraction of sp³-hybridized carbons (Fsp3) is 0.690. The molecule has 2 N–H and O–H groups in total. The molecular formula is C29H42FNO7. The van der Waals surface area contributed by atoms with E-state index in [4.69, 9.17) is 13.9 Å². The van der Waals surface area contributed by atoms with Crippen LogP contribution in [0.5, 0.6) is 0 Å². The number of fused-ring (bicyclic) bond motifs is 1. The van der Waals surface area contributed by atoms with Gasteiger partial charge in [0.15, 0.2) is 12.0 Å². The molecule has 8 nitrogen and oxygen atoms in total. The van der Waals surface area contributed by atoms with E-state index in [1.807, 2.05) is 13.8 Å². The van der Waals surface area contributed by atoms with Gasteiger partial charge in [-0.05, 0) is 38.5 Å². The van der Waals surface area contributed by atoms with Crippen molar-refractivity contribution in [2.24, 2.45) is 17.3 Å². The molecule has 1 aromatic rings.